The summed E-state index contributed by atoms with van der Waals surface area (Å²) < 4.78 is 51.1. The van der Waals surface area contributed by atoms with Crippen LogP contribution in [0.25, 0.3) is 0 Å². The van der Waals surface area contributed by atoms with Crippen LogP contribution in [0.3, 0.4) is 0 Å². The first-order chi connectivity index (χ1) is 12.9. The molecule has 4 rings (SSSR count). The number of alkyl halides is 3. The van der Waals surface area contributed by atoms with Gasteiger partial charge >= 0.3 is 6.18 Å². The molecule has 0 radical (unpaired) electrons. The Balaban J connectivity index is 1.55. The molecule has 0 unspecified atom stereocenters. The third kappa shape index (κ3) is 3.48. The molecule has 0 amide bonds. The van der Waals surface area contributed by atoms with Gasteiger partial charge in [0.05, 0.1) is 12.2 Å². The molecule has 1 saturated heterocycles. The number of ether oxygens (including phenoxy) is 2. The van der Waals surface area contributed by atoms with Gasteiger partial charge in [-0.15, -0.1) is 0 Å². The fourth-order valence-corrected chi connectivity index (χ4v) is 4.12. The van der Waals surface area contributed by atoms with Gasteiger partial charge in [0.2, 0.25) is 0 Å². The zero-order valence-corrected chi connectivity index (χ0v) is 15.3. The Kier molecular flexibility index (Phi) is 4.72. The van der Waals surface area contributed by atoms with Gasteiger partial charge in [-0.25, -0.2) is 0 Å². The molecule has 1 fully saturated rings. The lowest BCUT2D eigenvalue weighted by molar-refractivity contribution is -0.138. The number of hydrogen-bond acceptors (Lipinski definition) is 3. The summed E-state index contributed by atoms with van der Waals surface area (Å²) in [6.07, 6.45) is -2.46. The fraction of sp³-hybridized carbons (Fsp3) is 0.400. The summed E-state index contributed by atoms with van der Waals surface area (Å²) in [7, 11) is 0. The molecule has 0 saturated carbocycles. The van der Waals surface area contributed by atoms with Crippen LogP contribution in [-0.2, 0) is 18.2 Å². The first-order valence-electron chi connectivity index (χ1n) is 8.84. The molecule has 2 aliphatic rings. The third-order valence-electron chi connectivity index (χ3n) is 5.40. The summed E-state index contributed by atoms with van der Waals surface area (Å²) >= 11 is 5.98. The van der Waals surface area contributed by atoms with E-state index in [0.717, 1.165) is 43.3 Å². The molecule has 144 valence electrons. The van der Waals surface area contributed by atoms with Crippen LogP contribution in [0.15, 0.2) is 36.4 Å². The van der Waals surface area contributed by atoms with Crippen LogP contribution in [0.2, 0.25) is 5.02 Å². The number of benzene rings is 2. The maximum Gasteiger partial charge on any atom is 0.416 e. The SMILES string of the molecule is FC(F)(F)c1cccc(Cl)c1COc1ccc2c(c1)OCC21CCNCC1. The van der Waals surface area contributed by atoms with Gasteiger partial charge in [-0.1, -0.05) is 23.7 Å². The van der Waals surface area contributed by atoms with Gasteiger partial charge in [0.1, 0.15) is 18.1 Å². The van der Waals surface area contributed by atoms with Gasteiger partial charge in [-0.3, -0.25) is 0 Å². The number of fused-ring (bicyclic) bond motifs is 2. The van der Waals surface area contributed by atoms with E-state index in [-0.39, 0.29) is 22.6 Å². The Hall–Kier alpha value is -1.92. The third-order valence-corrected chi connectivity index (χ3v) is 5.75. The van der Waals surface area contributed by atoms with Crippen LogP contribution in [0.5, 0.6) is 11.5 Å². The average Bonchev–Trinajstić information content (AvgIpc) is 2.98. The summed E-state index contributed by atoms with van der Waals surface area (Å²) in [5.74, 6) is 1.22. The summed E-state index contributed by atoms with van der Waals surface area (Å²) in [5.41, 5.74) is 0.347. The molecule has 3 nitrogen and oxygen atoms in total. The molecule has 0 aliphatic carbocycles. The van der Waals surface area contributed by atoms with Crippen molar-refractivity contribution in [3.05, 3.63) is 58.1 Å². The number of halogens is 4. The van der Waals surface area contributed by atoms with Crippen LogP contribution in [0, 0.1) is 0 Å². The largest absolute Gasteiger partial charge is 0.492 e. The van der Waals surface area contributed by atoms with Crippen molar-refractivity contribution in [1.82, 2.24) is 5.32 Å². The molecule has 2 aromatic rings. The van der Waals surface area contributed by atoms with Crippen molar-refractivity contribution in [3.63, 3.8) is 0 Å². The fourth-order valence-electron chi connectivity index (χ4n) is 3.89. The van der Waals surface area contributed by atoms with Crippen LogP contribution < -0.4 is 14.8 Å². The molecule has 7 heteroatoms. The first kappa shape index (κ1) is 18.4. The Bertz CT molecular complexity index is 848. The maximum atomic E-state index is 13.2. The summed E-state index contributed by atoms with van der Waals surface area (Å²) in [6, 6.07) is 9.26. The summed E-state index contributed by atoms with van der Waals surface area (Å²) in [4.78, 5) is 0. The molecule has 0 bridgehead atoms. The van der Waals surface area contributed by atoms with E-state index in [9.17, 15) is 13.2 Å². The topological polar surface area (TPSA) is 30.5 Å². The lowest BCUT2D eigenvalue weighted by Gasteiger charge is -2.32. The normalized spacial score (nSPS) is 18.2. The average molecular weight is 398 g/mol. The highest BCUT2D eigenvalue weighted by Crippen LogP contribution is 2.46. The minimum atomic E-state index is -4.48. The summed E-state index contributed by atoms with van der Waals surface area (Å²) in [5, 5.41) is 3.39. The number of rotatable bonds is 3. The van der Waals surface area contributed by atoms with E-state index in [2.05, 4.69) is 5.32 Å². The molecule has 27 heavy (non-hydrogen) atoms. The van der Waals surface area contributed by atoms with Gasteiger partial charge in [-0.2, -0.15) is 13.2 Å². The van der Waals surface area contributed by atoms with E-state index in [1.165, 1.54) is 12.1 Å². The lowest BCUT2D eigenvalue weighted by atomic mass is 9.75. The van der Waals surface area contributed by atoms with Crippen LogP contribution >= 0.6 is 11.6 Å². The van der Waals surface area contributed by atoms with Crippen molar-refractivity contribution in [2.75, 3.05) is 19.7 Å². The van der Waals surface area contributed by atoms with E-state index >= 15 is 0 Å². The van der Waals surface area contributed by atoms with Gasteiger partial charge < -0.3 is 14.8 Å². The molecule has 2 heterocycles. The Morgan fingerprint density at radius 2 is 1.93 bits per heavy atom. The zero-order chi connectivity index (χ0) is 19.1. The molecule has 2 aromatic carbocycles. The predicted molar refractivity (Wildman–Crippen MR) is 96.5 cm³/mol. The Labute approximate surface area is 160 Å². The smallest absolute Gasteiger partial charge is 0.416 e. The van der Waals surface area contributed by atoms with Crippen molar-refractivity contribution >= 4 is 11.6 Å². The van der Waals surface area contributed by atoms with Gasteiger partial charge in [0.25, 0.3) is 0 Å². The quantitative estimate of drug-likeness (QED) is 0.794. The van der Waals surface area contributed by atoms with E-state index in [4.69, 9.17) is 21.1 Å². The van der Waals surface area contributed by atoms with Gasteiger partial charge in [0.15, 0.2) is 0 Å². The predicted octanol–water partition coefficient (Wildman–Crippen LogP) is 4.95. The minimum Gasteiger partial charge on any atom is -0.492 e. The van der Waals surface area contributed by atoms with Crippen molar-refractivity contribution in [3.8, 4) is 11.5 Å². The van der Waals surface area contributed by atoms with Crippen LogP contribution in [-0.4, -0.2) is 19.7 Å². The molecule has 0 aromatic heterocycles. The standard InChI is InChI=1S/C20H19ClF3NO2/c21-17-3-1-2-15(20(22,23)24)14(17)11-26-13-4-5-16-18(10-13)27-12-19(16)6-8-25-9-7-19/h1-5,10,25H,6-9,11-12H2. The number of hydrogen-bond donors (Lipinski definition) is 1. The van der Waals surface area contributed by atoms with E-state index in [1.807, 2.05) is 6.07 Å². The van der Waals surface area contributed by atoms with Gasteiger partial charge in [0, 0.05) is 27.6 Å². The second kappa shape index (κ2) is 6.91. The Morgan fingerprint density at radius 1 is 1.15 bits per heavy atom. The zero-order valence-electron chi connectivity index (χ0n) is 14.5. The molecule has 0 atom stereocenters. The number of piperidine rings is 1. The molecule has 1 spiro atoms. The van der Waals surface area contributed by atoms with Crippen molar-refractivity contribution in [2.24, 2.45) is 0 Å². The van der Waals surface area contributed by atoms with Crippen molar-refractivity contribution < 1.29 is 22.6 Å². The van der Waals surface area contributed by atoms with E-state index in [0.29, 0.717) is 12.4 Å². The van der Waals surface area contributed by atoms with E-state index < -0.39 is 11.7 Å². The van der Waals surface area contributed by atoms with Crippen LogP contribution in [0.1, 0.15) is 29.5 Å². The highest BCUT2D eigenvalue weighted by Gasteiger charge is 2.41. The first-order valence-corrected chi connectivity index (χ1v) is 9.22. The maximum absolute atomic E-state index is 13.2. The number of nitrogens with one attached hydrogen (secondary N) is 1. The van der Waals surface area contributed by atoms with Gasteiger partial charge in [-0.05, 0) is 44.1 Å². The lowest BCUT2D eigenvalue weighted by Crippen LogP contribution is -2.40. The molecule has 1 N–H and O–H groups in total. The highest BCUT2D eigenvalue weighted by molar-refractivity contribution is 6.31. The van der Waals surface area contributed by atoms with Crippen LogP contribution in [0.4, 0.5) is 13.2 Å². The highest BCUT2D eigenvalue weighted by atomic mass is 35.5. The second-order valence-corrected chi connectivity index (χ2v) is 7.44. The van der Waals surface area contributed by atoms with Crippen molar-refractivity contribution in [2.45, 2.75) is 31.0 Å². The minimum absolute atomic E-state index is 0.0330. The Morgan fingerprint density at radius 3 is 2.67 bits per heavy atom. The molecule has 2 aliphatic heterocycles. The van der Waals surface area contributed by atoms with Crippen molar-refractivity contribution in [1.29, 1.82) is 0 Å². The molecular formula is C20H19ClF3NO2. The summed E-state index contributed by atoms with van der Waals surface area (Å²) in [6.45, 7) is 2.28. The monoisotopic (exact) mass is 397 g/mol. The van der Waals surface area contributed by atoms with E-state index in [1.54, 1.807) is 12.1 Å². The second-order valence-electron chi connectivity index (χ2n) is 7.03. The molecular weight excluding hydrogens is 379 g/mol.